The van der Waals surface area contributed by atoms with Crippen molar-refractivity contribution in [1.82, 2.24) is 24.7 Å². The molecule has 1 aromatic heterocycles. The summed E-state index contributed by atoms with van der Waals surface area (Å²) in [5.74, 6) is -2.82. The first kappa shape index (κ1) is 33.7. The normalized spacial score (nSPS) is 16.9. The van der Waals surface area contributed by atoms with Gasteiger partial charge < -0.3 is 18.9 Å². The fourth-order valence-corrected chi connectivity index (χ4v) is 5.78. The van der Waals surface area contributed by atoms with E-state index in [0.29, 0.717) is 40.3 Å². The van der Waals surface area contributed by atoms with Crippen LogP contribution < -0.4 is 5.69 Å². The summed E-state index contributed by atoms with van der Waals surface area (Å²) in [5.41, 5.74) is -0.561. The minimum Gasteiger partial charge on any atom is -0.471 e. The van der Waals surface area contributed by atoms with Crippen molar-refractivity contribution in [2.45, 2.75) is 58.1 Å². The van der Waals surface area contributed by atoms with Crippen LogP contribution in [0.25, 0.3) is 5.69 Å². The van der Waals surface area contributed by atoms with Gasteiger partial charge in [0.2, 0.25) is 0 Å². The number of ether oxygens (including phenoxy) is 4. The van der Waals surface area contributed by atoms with E-state index in [1.807, 2.05) is 37.3 Å². The number of halogens is 2. The van der Waals surface area contributed by atoms with Gasteiger partial charge in [0.1, 0.15) is 18.1 Å². The highest BCUT2D eigenvalue weighted by Gasteiger charge is 2.37. The molecule has 0 aliphatic heterocycles. The number of methoxy groups -OCH3 is 1. The summed E-state index contributed by atoms with van der Waals surface area (Å²) >= 11 is 0. The van der Waals surface area contributed by atoms with Crippen molar-refractivity contribution < 1.29 is 37.3 Å². The molecule has 1 amide bonds. The summed E-state index contributed by atoms with van der Waals surface area (Å²) in [6.45, 7) is 2.35. The first-order valence-corrected chi connectivity index (χ1v) is 15.5. The fraction of sp³-hybridized carbons (Fsp3) is 0.424. The van der Waals surface area contributed by atoms with Gasteiger partial charge in [0.25, 0.3) is 0 Å². The van der Waals surface area contributed by atoms with Crippen molar-refractivity contribution in [2.24, 2.45) is 5.92 Å². The quantitative estimate of drug-likeness (QED) is 0.116. The summed E-state index contributed by atoms with van der Waals surface area (Å²) in [4.78, 5) is 42.6. The molecule has 250 valence electrons. The highest BCUT2D eigenvalue weighted by molar-refractivity contribution is 5.93. The number of esters is 1. The SMILES string of the molecule is COCCOCOC1=C(C(=O)OCc2ccccc2)C=C(N(C(=O)n2nnn(-c3c(F)cccc3F)c2=O)C2CCCCC2)CC1C. The van der Waals surface area contributed by atoms with Crippen LogP contribution in [0.4, 0.5) is 13.6 Å². The Morgan fingerprint density at radius 2 is 1.70 bits per heavy atom. The zero-order valence-corrected chi connectivity index (χ0v) is 26.3. The largest absolute Gasteiger partial charge is 0.471 e. The second-order valence-corrected chi connectivity index (χ2v) is 11.3. The minimum absolute atomic E-state index is 0.00865. The van der Waals surface area contributed by atoms with E-state index in [4.69, 9.17) is 18.9 Å². The molecule has 14 heteroatoms. The van der Waals surface area contributed by atoms with Crippen molar-refractivity contribution >= 4 is 12.0 Å². The third-order valence-electron chi connectivity index (χ3n) is 8.07. The predicted molar refractivity (Wildman–Crippen MR) is 164 cm³/mol. The number of hydrogen-bond acceptors (Lipinski definition) is 9. The number of amides is 1. The van der Waals surface area contributed by atoms with Crippen LogP contribution in [0.5, 0.6) is 0 Å². The van der Waals surface area contributed by atoms with E-state index < -0.39 is 40.9 Å². The number of hydrogen-bond donors (Lipinski definition) is 0. The second-order valence-electron chi connectivity index (χ2n) is 11.3. The number of rotatable bonds is 12. The van der Waals surface area contributed by atoms with E-state index in [9.17, 15) is 23.2 Å². The Bertz CT molecular complexity index is 1660. The van der Waals surface area contributed by atoms with Crippen molar-refractivity contribution in [3.63, 3.8) is 0 Å². The molecule has 12 nitrogen and oxygen atoms in total. The maximum Gasteiger partial charge on any atom is 0.377 e. The average molecular weight is 654 g/mol. The van der Waals surface area contributed by atoms with E-state index in [-0.39, 0.29) is 38.0 Å². The predicted octanol–water partition coefficient (Wildman–Crippen LogP) is 4.87. The van der Waals surface area contributed by atoms with Crippen LogP contribution in [-0.2, 0) is 30.3 Å². The lowest BCUT2D eigenvalue weighted by atomic mass is 9.89. The molecule has 1 heterocycles. The van der Waals surface area contributed by atoms with Crippen LogP contribution >= 0.6 is 0 Å². The smallest absolute Gasteiger partial charge is 0.377 e. The van der Waals surface area contributed by atoms with Gasteiger partial charge in [-0.3, -0.25) is 4.90 Å². The number of carbonyl (C=O) groups excluding carboxylic acids is 2. The molecule has 1 atom stereocenters. The van der Waals surface area contributed by atoms with Crippen LogP contribution in [0.3, 0.4) is 0 Å². The lowest BCUT2D eigenvalue weighted by Gasteiger charge is -2.37. The molecule has 0 radical (unpaired) electrons. The monoisotopic (exact) mass is 653 g/mol. The van der Waals surface area contributed by atoms with E-state index in [0.717, 1.165) is 43.0 Å². The summed E-state index contributed by atoms with van der Waals surface area (Å²) in [5, 5.41) is 7.33. The van der Waals surface area contributed by atoms with Gasteiger partial charge >= 0.3 is 17.7 Å². The molecule has 1 unspecified atom stereocenters. The molecule has 1 saturated carbocycles. The Morgan fingerprint density at radius 1 is 0.979 bits per heavy atom. The molecule has 0 N–H and O–H groups in total. The molecule has 5 rings (SSSR count). The summed E-state index contributed by atoms with van der Waals surface area (Å²) in [7, 11) is 1.55. The Balaban J connectivity index is 1.51. The van der Waals surface area contributed by atoms with Gasteiger partial charge in [-0.1, -0.05) is 62.6 Å². The zero-order valence-electron chi connectivity index (χ0n) is 26.3. The van der Waals surface area contributed by atoms with Crippen LogP contribution in [-0.4, -0.2) is 69.8 Å². The molecule has 2 aliphatic carbocycles. The Kier molecular flexibility index (Phi) is 11.3. The number of carbonyl (C=O) groups is 2. The maximum atomic E-state index is 14.5. The van der Waals surface area contributed by atoms with Gasteiger partial charge in [-0.15, -0.1) is 4.68 Å². The van der Waals surface area contributed by atoms with Gasteiger partial charge in [-0.05, 0) is 53.5 Å². The molecule has 0 saturated heterocycles. The fourth-order valence-electron chi connectivity index (χ4n) is 5.78. The van der Waals surface area contributed by atoms with Gasteiger partial charge in [-0.25, -0.2) is 23.2 Å². The summed E-state index contributed by atoms with van der Waals surface area (Å²) in [6, 6.07) is 11.1. The highest BCUT2D eigenvalue weighted by atomic mass is 19.1. The average Bonchev–Trinajstić information content (AvgIpc) is 3.45. The number of para-hydroxylation sites is 1. The molecule has 0 bridgehead atoms. The molecule has 47 heavy (non-hydrogen) atoms. The van der Waals surface area contributed by atoms with Crippen LogP contribution in [0.15, 0.2) is 76.4 Å². The lowest BCUT2D eigenvalue weighted by Crippen LogP contribution is -2.47. The number of aromatic nitrogens is 4. The number of nitrogens with zero attached hydrogens (tertiary/aromatic N) is 5. The Morgan fingerprint density at radius 3 is 2.40 bits per heavy atom. The van der Waals surface area contributed by atoms with Gasteiger partial charge in [0.05, 0.1) is 18.8 Å². The summed E-state index contributed by atoms with van der Waals surface area (Å²) < 4.78 is 52.1. The van der Waals surface area contributed by atoms with Crippen molar-refractivity contribution in [3.8, 4) is 5.69 Å². The standard InChI is InChI=1S/C33H37F2N5O7/c1-22-18-25(19-26(30(22)47-21-45-17-16-44-2)31(41)46-20-23-10-5-3-6-11-23)38(24-12-7-4-8-13-24)32(42)40-33(43)39(36-37-40)29-27(34)14-9-15-28(29)35/h3,5-6,9-11,14-15,19,22,24H,4,7-8,12-13,16-18,20-21H2,1-2H3. The first-order chi connectivity index (χ1) is 22.8. The maximum absolute atomic E-state index is 14.5. The molecule has 0 spiro atoms. The third-order valence-corrected chi connectivity index (χ3v) is 8.07. The second kappa shape index (κ2) is 15.7. The van der Waals surface area contributed by atoms with Gasteiger partial charge in [0.15, 0.2) is 18.4 Å². The number of tetrazole rings is 1. The Labute approximate surface area is 270 Å². The van der Waals surface area contributed by atoms with Crippen molar-refractivity contribution in [2.75, 3.05) is 27.1 Å². The number of allylic oxidation sites excluding steroid dienone is 2. The highest BCUT2D eigenvalue weighted by Crippen LogP contribution is 2.36. The van der Waals surface area contributed by atoms with Gasteiger partial charge in [-0.2, -0.15) is 4.68 Å². The van der Waals surface area contributed by atoms with Crippen LogP contribution in [0.1, 0.15) is 51.0 Å². The van der Waals surface area contributed by atoms with E-state index in [2.05, 4.69) is 10.4 Å². The molecule has 1 fully saturated rings. The van der Waals surface area contributed by atoms with E-state index >= 15 is 0 Å². The molecule has 2 aliphatic rings. The molecular weight excluding hydrogens is 616 g/mol. The topological polar surface area (TPSA) is 127 Å². The minimum atomic E-state index is -1.14. The first-order valence-electron chi connectivity index (χ1n) is 15.5. The zero-order chi connectivity index (χ0) is 33.3. The van der Waals surface area contributed by atoms with Gasteiger partial charge in [0, 0.05) is 24.8 Å². The third kappa shape index (κ3) is 7.83. The lowest BCUT2D eigenvalue weighted by molar-refractivity contribution is -0.140. The van der Waals surface area contributed by atoms with Crippen molar-refractivity contribution in [1.29, 1.82) is 0 Å². The number of benzene rings is 2. The van der Waals surface area contributed by atoms with Crippen molar-refractivity contribution in [3.05, 3.63) is 99.3 Å². The molecule has 3 aromatic rings. The van der Waals surface area contributed by atoms with E-state index in [1.54, 1.807) is 7.11 Å². The Hall–Kier alpha value is -4.69. The van der Waals surface area contributed by atoms with Crippen LogP contribution in [0, 0.1) is 17.6 Å². The van der Waals surface area contributed by atoms with E-state index in [1.165, 1.54) is 11.0 Å². The summed E-state index contributed by atoms with van der Waals surface area (Å²) in [6.07, 6.45) is 5.73. The molecule has 2 aromatic carbocycles. The van der Waals surface area contributed by atoms with Crippen LogP contribution in [0.2, 0.25) is 0 Å². The molecular formula is C33H37F2N5O7.